The zero-order chi connectivity index (χ0) is 20.9. The number of alkyl halides is 3. The quantitative estimate of drug-likeness (QED) is 0.225. The molecule has 2 heterocycles. The van der Waals surface area contributed by atoms with Crippen molar-refractivity contribution in [1.82, 2.24) is 20.6 Å². The van der Waals surface area contributed by atoms with E-state index in [4.69, 9.17) is 0 Å². The highest BCUT2D eigenvalue weighted by Crippen LogP contribution is 2.30. The van der Waals surface area contributed by atoms with Crippen LogP contribution in [0.2, 0.25) is 0 Å². The number of rotatable bonds is 7. The smallest absolute Gasteiger partial charge is 0.361 e. The highest BCUT2D eigenvalue weighted by molar-refractivity contribution is 14.0. The number of nitrogens with zero attached hydrogens (tertiary/aromatic N) is 2. The summed E-state index contributed by atoms with van der Waals surface area (Å²) in [4.78, 5) is 11.2. The van der Waals surface area contributed by atoms with Gasteiger partial charge >= 0.3 is 6.18 Å². The topological polar surface area (TPSA) is 65.1 Å². The molecule has 0 saturated carbocycles. The molecule has 0 fully saturated rings. The van der Waals surface area contributed by atoms with Gasteiger partial charge in [-0.25, -0.2) is 4.98 Å². The van der Waals surface area contributed by atoms with Crippen LogP contribution < -0.4 is 10.6 Å². The van der Waals surface area contributed by atoms with Crippen LogP contribution in [-0.2, 0) is 25.4 Å². The number of aromatic nitrogens is 2. The van der Waals surface area contributed by atoms with Gasteiger partial charge in [0.15, 0.2) is 11.7 Å². The first kappa shape index (κ1) is 24.4. The van der Waals surface area contributed by atoms with Gasteiger partial charge in [-0.1, -0.05) is 25.1 Å². The zero-order valence-corrected chi connectivity index (χ0v) is 19.9. The number of fused-ring (bicyclic) bond motifs is 1. The van der Waals surface area contributed by atoms with Gasteiger partial charge in [0.25, 0.3) is 0 Å². The summed E-state index contributed by atoms with van der Waals surface area (Å²) in [5, 5.41) is 9.10. The van der Waals surface area contributed by atoms with Crippen molar-refractivity contribution in [2.24, 2.45) is 4.99 Å². The maximum absolute atomic E-state index is 12.6. The lowest BCUT2D eigenvalue weighted by atomic mass is 10.1. The van der Waals surface area contributed by atoms with E-state index in [0.717, 1.165) is 29.6 Å². The summed E-state index contributed by atoms with van der Waals surface area (Å²) in [6.07, 6.45) is -0.128. The maximum Gasteiger partial charge on any atom is 0.434 e. The van der Waals surface area contributed by atoms with Crippen LogP contribution >= 0.6 is 35.3 Å². The Morgan fingerprint density at radius 2 is 1.90 bits per heavy atom. The van der Waals surface area contributed by atoms with Crippen LogP contribution in [0.5, 0.6) is 0 Å². The van der Waals surface area contributed by atoms with Crippen LogP contribution in [0.1, 0.15) is 28.8 Å². The van der Waals surface area contributed by atoms with E-state index in [1.54, 1.807) is 7.05 Å². The number of guanidine groups is 1. The first-order valence-electron chi connectivity index (χ1n) is 9.46. The molecule has 0 aliphatic rings. The number of aromatic amines is 1. The predicted molar refractivity (Wildman–Crippen MR) is 127 cm³/mol. The van der Waals surface area contributed by atoms with Gasteiger partial charge in [0, 0.05) is 49.0 Å². The molecule has 30 heavy (non-hydrogen) atoms. The van der Waals surface area contributed by atoms with E-state index < -0.39 is 11.9 Å². The van der Waals surface area contributed by atoms with Crippen LogP contribution in [0, 0.1) is 0 Å². The number of aliphatic imine (C=N–C) groups is 1. The number of benzene rings is 1. The van der Waals surface area contributed by atoms with E-state index in [1.165, 1.54) is 22.0 Å². The van der Waals surface area contributed by atoms with E-state index in [9.17, 15) is 13.2 Å². The molecule has 0 aliphatic carbocycles. The molecule has 3 rings (SSSR count). The van der Waals surface area contributed by atoms with Crippen LogP contribution in [0.25, 0.3) is 10.9 Å². The van der Waals surface area contributed by atoms with Crippen molar-refractivity contribution in [3.63, 3.8) is 0 Å². The number of para-hydroxylation sites is 1. The number of H-pyrrole nitrogens is 1. The van der Waals surface area contributed by atoms with Crippen molar-refractivity contribution in [2.45, 2.75) is 32.4 Å². The average Bonchev–Trinajstić information content (AvgIpc) is 3.34. The van der Waals surface area contributed by atoms with Crippen molar-refractivity contribution in [1.29, 1.82) is 0 Å². The lowest BCUT2D eigenvalue weighted by Crippen LogP contribution is -2.39. The molecule has 0 atom stereocenters. The summed E-state index contributed by atoms with van der Waals surface area (Å²) in [5.74, 6) is 0.617. The minimum Gasteiger partial charge on any atom is -0.361 e. The van der Waals surface area contributed by atoms with Gasteiger partial charge in [0.05, 0.1) is 5.01 Å². The molecule has 0 radical (unpaired) electrons. The molecule has 0 saturated heterocycles. The standard InChI is InChI=1S/C20H24F3N5S.HI/c1-3-13-5-4-6-15-14(11-27-18(13)15)7-9-25-19(24-2)26-10-8-17-28-16(12-29-17)20(21,22)23;/h4-6,11-12,27H,3,7-10H2,1-2H3,(H2,24,25,26);1H. The number of halogens is 4. The second kappa shape index (κ2) is 11.0. The molecule has 0 amide bonds. The first-order chi connectivity index (χ1) is 13.9. The lowest BCUT2D eigenvalue weighted by molar-refractivity contribution is -0.140. The first-order valence-corrected chi connectivity index (χ1v) is 10.3. The second-order valence-corrected chi connectivity index (χ2v) is 7.50. The van der Waals surface area contributed by atoms with E-state index in [2.05, 4.69) is 50.7 Å². The van der Waals surface area contributed by atoms with E-state index >= 15 is 0 Å². The third kappa shape index (κ3) is 6.10. The Bertz CT molecular complexity index is 980. The summed E-state index contributed by atoms with van der Waals surface area (Å²) >= 11 is 1.02. The van der Waals surface area contributed by atoms with E-state index in [-0.39, 0.29) is 24.0 Å². The van der Waals surface area contributed by atoms with Gasteiger partial charge in [-0.05, 0) is 24.0 Å². The van der Waals surface area contributed by atoms with Crippen LogP contribution in [0.3, 0.4) is 0 Å². The summed E-state index contributed by atoms with van der Waals surface area (Å²) in [5.41, 5.74) is 2.90. The number of hydrogen-bond acceptors (Lipinski definition) is 3. The Balaban J connectivity index is 0.00000320. The second-order valence-electron chi connectivity index (χ2n) is 6.56. The van der Waals surface area contributed by atoms with Gasteiger partial charge in [-0.3, -0.25) is 4.99 Å². The molecule has 0 bridgehead atoms. The summed E-state index contributed by atoms with van der Waals surface area (Å²) < 4.78 is 37.8. The predicted octanol–water partition coefficient (Wildman–Crippen LogP) is 4.77. The fourth-order valence-corrected chi connectivity index (χ4v) is 3.96. The number of thiazole rings is 1. The van der Waals surface area contributed by atoms with Crippen LogP contribution in [0.4, 0.5) is 13.2 Å². The number of hydrogen-bond donors (Lipinski definition) is 3. The van der Waals surface area contributed by atoms with Crippen molar-refractivity contribution in [3.05, 3.63) is 51.6 Å². The third-order valence-corrected chi connectivity index (χ3v) is 5.56. The monoisotopic (exact) mass is 551 g/mol. The third-order valence-electron chi connectivity index (χ3n) is 4.65. The minimum atomic E-state index is -4.39. The van der Waals surface area contributed by atoms with Crippen molar-refractivity contribution < 1.29 is 13.2 Å². The van der Waals surface area contributed by atoms with Crippen molar-refractivity contribution >= 4 is 52.2 Å². The SMILES string of the molecule is CCc1cccc2c(CCNC(=NC)NCCc3nc(C(F)(F)F)cs3)c[nH]c12.I. The molecule has 164 valence electrons. The van der Waals surface area contributed by atoms with Gasteiger partial charge < -0.3 is 15.6 Å². The minimum absolute atomic E-state index is 0. The fraction of sp³-hybridized carbons (Fsp3) is 0.400. The zero-order valence-electron chi connectivity index (χ0n) is 16.8. The normalized spacial score (nSPS) is 12.1. The molecular weight excluding hydrogens is 526 g/mol. The Morgan fingerprint density at radius 3 is 2.53 bits per heavy atom. The summed E-state index contributed by atoms with van der Waals surface area (Å²) in [6.45, 7) is 3.29. The molecule has 0 spiro atoms. The summed E-state index contributed by atoms with van der Waals surface area (Å²) in [6, 6.07) is 6.33. The van der Waals surface area contributed by atoms with Crippen LogP contribution in [0.15, 0.2) is 34.8 Å². The van der Waals surface area contributed by atoms with Gasteiger partial charge in [0.2, 0.25) is 0 Å². The molecule has 3 aromatic rings. The molecular formula is C20H25F3IN5S. The van der Waals surface area contributed by atoms with Gasteiger partial charge in [0.1, 0.15) is 0 Å². The maximum atomic E-state index is 12.6. The Kier molecular flexibility index (Phi) is 8.95. The molecule has 0 aliphatic heterocycles. The number of aryl methyl sites for hydroxylation is 1. The molecule has 3 N–H and O–H groups in total. The fourth-order valence-electron chi connectivity index (χ4n) is 3.16. The van der Waals surface area contributed by atoms with E-state index in [1.807, 2.05) is 6.20 Å². The number of nitrogens with one attached hydrogen (secondary N) is 3. The van der Waals surface area contributed by atoms with Gasteiger partial charge in [-0.2, -0.15) is 13.2 Å². The highest BCUT2D eigenvalue weighted by atomic mass is 127. The lowest BCUT2D eigenvalue weighted by Gasteiger charge is -2.11. The van der Waals surface area contributed by atoms with Gasteiger partial charge in [-0.15, -0.1) is 35.3 Å². The Morgan fingerprint density at radius 1 is 1.17 bits per heavy atom. The molecule has 1 aromatic carbocycles. The van der Waals surface area contributed by atoms with E-state index in [0.29, 0.717) is 30.5 Å². The Labute approximate surface area is 194 Å². The Hall–Kier alpha value is -1.82. The van der Waals surface area contributed by atoms with Crippen molar-refractivity contribution in [2.75, 3.05) is 20.1 Å². The molecule has 10 heteroatoms. The average molecular weight is 551 g/mol. The summed E-state index contributed by atoms with van der Waals surface area (Å²) in [7, 11) is 1.67. The molecule has 0 unspecified atom stereocenters. The molecule has 2 aromatic heterocycles. The highest BCUT2D eigenvalue weighted by Gasteiger charge is 2.33. The van der Waals surface area contributed by atoms with Crippen molar-refractivity contribution in [3.8, 4) is 0 Å². The van der Waals surface area contributed by atoms with Crippen LogP contribution in [-0.4, -0.2) is 36.1 Å². The largest absolute Gasteiger partial charge is 0.434 e. The molecule has 5 nitrogen and oxygen atoms in total.